The Labute approximate surface area is 129 Å². The fourth-order valence-corrected chi connectivity index (χ4v) is 2.71. The Balaban J connectivity index is 1.73. The molecule has 1 aliphatic carbocycles. The summed E-state index contributed by atoms with van der Waals surface area (Å²) in [5.41, 5.74) is 7.50. The number of aryl methyl sites for hydroxylation is 2. The van der Waals surface area contributed by atoms with Gasteiger partial charge in [0.2, 0.25) is 0 Å². The first kappa shape index (κ1) is 14.3. The summed E-state index contributed by atoms with van der Waals surface area (Å²) in [5, 5.41) is 13.6. The van der Waals surface area contributed by atoms with Crippen LogP contribution in [0.25, 0.3) is 0 Å². The number of hydrogen-bond donors (Lipinski definition) is 2. The van der Waals surface area contributed by atoms with Gasteiger partial charge in [-0.15, -0.1) is 0 Å². The highest BCUT2D eigenvalue weighted by Crippen LogP contribution is 2.23. The zero-order valence-electron chi connectivity index (χ0n) is 12.5. The zero-order valence-corrected chi connectivity index (χ0v) is 12.5. The Bertz CT molecular complexity index is 751. The molecule has 0 aliphatic heterocycles. The first-order valence-electron chi connectivity index (χ1n) is 7.39. The quantitative estimate of drug-likeness (QED) is 0.675. The molecule has 112 valence electrons. The topological polar surface area (TPSA) is 61.7 Å². The number of carbonyl (C=O) groups excluding carboxylic acids is 1. The highest BCUT2D eigenvalue weighted by atomic mass is 16.3. The maximum atomic E-state index is 12.0. The van der Waals surface area contributed by atoms with E-state index in [1.807, 2.05) is 13.0 Å². The molecule has 1 aliphatic rings. The number of carbonyl (C=O) groups is 1. The van der Waals surface area contributed by atoms with Crippen molar-refractivity contribution in [1.29, 1.82) is 0 Å². The number of rotatable bonds is 3. The molecular formula is C18H18N2O2. The molecule has 0 unspecified atom stereocenters. The van der Waals surface area contributed by atoms with Crippen molar-refractivity contribution in [3.8, 4) is 5.75 Å². The van der Waals surface area contributed by atoms with Crippen LogP contribution in [0.4, 0.5) is 0 Å². The van der Waals surface area contributed by atoms with Crippen molar-refractivity contribution in [1.82, 2.24) is 5.43 Å². The van der Waals surface area contributed by atoms with Crippen molar-refractivity contribution in [2.45, 2.75) is 26.2 Å². The number of aromatic hydroxyl groups is 1. The lowest BCUT2D eigenvalue weighted by molar-refractivity contribution is 0.0954. The molecule has 0 fully saturated rings. The van der Waals surface area contributed by atoms with Crippen molar-refractivity contribution in [3.63, 3.8) is 0 Å². The van der Waals surface area contributed by atoms with Crippen molar-refractivity contribution in [2.75, 3.05) is 0 Å². The molecule has 0 heterocycles. The number of hydrazone groups is 1. The van der Waals surface area contributed by atoms with Crippen LogP contribution in [0.5, 0.6) is 5.75 Å². The van der Waals surface area contributed by atoms with Crippen molar-refractivity contribution in [3.05, 3.63) is 64.7 Å². The van der Waals surface area contributed by atoms with E-state index in [9.17, 15) is 9.90 Å². The van der Waals surface area contributed by atoms with Gasteiger partial charge in [0.05, 0.1) is 5.71 Å². The van der Waals surface area contributed by atoms with E-state index < -0.39 is 0 Å². The van der Waals surface area contributed by atoms with E-state index in [2.05, 4.69) is 22.7 Å². The predicted molar refractivity (Wildman–Crippen MR) is 86.3 cm³/mol. The summed E-state index contributed by atoms with van der Waals surface area (Å²) < 4.78 is 0. The monoisotopic (exact) mass is 294 g/mol. The molecule has 0 spiro atoms. The van der Waals surface area contributed by atoms with E-state index in [1.165, 1.54) is 29.7 Å². The molecule has 4 nitrogen and oxygen atoms in total. The summed E-state index contributed by atoms with van der Waals surface area (Å²) in [4.78, 5) is 12.0. The fourth-order valence-electron chi connectivity index (χ4n) is 2.71. The number of amides is 1. The molecule has 0 saturated carbocycles. The van der Waals surface area contributed by atoms with Crippen LogP contribution in [-0.2, 0) is 12.8 Å². The minimum Gasteiger partial charge on any atom is -0.508 e. The first-order valence-corrected chi connectivity index (χ1v) is 7.39. The molecule has 2 N–H and O–H groups in total. The standard InChI is InChI=1S/C18H18N2O2/c1-12(14-9-8-13-4-2-5-15(13)10-14)19-20-18(22)16-6-3-7-17(21)11-16/h3,6-11,21H,2,4-5H2,1H3,(H,20,22)/b19-12-. The number of hydrogen-bond acceptors (Lipinski definition) is 3. The molecule has 2 aromatic carbocycles. The summed E-state index contributed by atoms with van der Waals surface area (Å²) in [6, 6.07) is 12.5. The SMILES string of the molecule is C/C(=N/NC(=O)c1cccc(O)c1)c1ccc2c(c1)CCC2. The average Bonchev–Trinajstić information content (AvgIpc) is 2.99. The van der Waals surface area contributed by atoms with Gasteiger partial charge in [0, 0.05) is 5.56 Å². The van der Waals surface area contributed by atoms with Gasteiger partial charge in [0.25, 0.3) is 5.91 Å². The lowest BCUT2D eigenvalue weighted by atomic mass is 10.0. The summed E-state index contributed by atoms with van der Waals surface area (Å²) in [7, 11) is 0. The Morgan fingerprint density at radius 3 is 2.73 bits per heavy atom. The van der Waals surface area contributed by atoms with Crippen molar-refractivity contribution in [2.24, 2.45) is 5.10 Å². The second kappa shape index (κ2) is 6.02. The lowest BCUT2D eigenvalue weighted by Crippen LogP contribution is -2.19. The highest BCUT2D eigenvalue weighted by molar-refractivity contribution is 6.01. The van der Waals surface area contributed by atoms with Crippen LogP contribution in [0.1, 0.15) is 40.4 Å². The summed E-state index contributed by atoms with van der Waals surface area (Å²) in [6.45, 7) is 1.87. The van der Waals surface area contributed by atoms with E-state index in [4.69, 9.17) is 0 Å². The molecule has 0 atom stereocenters. The van der Waals surface area contributed by atoms with Gasteiger partial charge in [0.1, 0.15) is 5.75 Å². The Hall–Kier alpha value is -2.62. The Morgan fingerprint density at radius 1 is 1.09 bits per heavy atom. The van der Waals surface area contributed by atoms with Crippen LogP contribution < -0.4 is 5.43 Å². The number of phenolic OH excluding ortho intramolecular Hbond substituents is 1. The lowest BCUT2D eigenvalue weighted by Gasteiger charge is -2.06. The molecule has 0 bridgehead atoms. The minimum atomic E-state index is -0.337. The van der Waals surface area contributed by atoms with E-state index in [-0.39, 0.29) is 11.7 Å². The van der Waals surface area contributed by atoms with Crippen LogP contribution in [0.15, 0.2) is 47.6 Å². The predicted octanol–water partition coefficient (Wildman–Crippen LogP) is 3.03. The normalized spacial score (nSPS) is 13.8. The molecule has 2 aromatic rings. The molecule has 3 rings (SSSR count). The van der Waals surface area contributed by atoms with Gasteiger partial charge in [0.15, 0.2) is 0 Å². The third-order valence-electron chi connectivity index (χ3n) is 3.95. The molecule has 22 heavy (non-hydrogen) atoms. The van der Waals surface area contributed by atoms with Crippen LogP contribution in [-0.4, -0.2) is 16.7 Å². The smallest absolute Gasteiger partial charge is 0.271 e. The number of fused-ring (bicyclic) bond motifs is 1. The second-order valence-electron chi connectivity index (χ2n) is 5.53. The van der Waals surface area contributed by atoms with Gasteiger partial charge < -0.3 is 5.11 Å². The van der Waals surface area contributed by atoms with Gasteiger partial charge in [-0.1, -0.05) is 18.2 Å². The summed E-state index contributed by atoms with van der Waals surface area (Å²) in [6.07, 6.45) is 3.48. The number of nitrogens with zero attached hydrogens (tertiary/aromatic N) is 1. The van der Waals surface area contributed by atoms with Gasteiger partial charge in [-0.3, -0.25) is 4.79 Å². The van der Waals surface area contributed by atoms with E-state index >= 15 is 0 Å². The van der Waals surface area contributed by atoms with Gasteiger partial charge >= 0.3 is 0 Å². The molecule has 0 radical (unpaired) electrons. The largest absolute Gasteiger partial charge is 0.508 e. The maximum Gasteiger partial charge on any atom is 0.271 e. The van der Waals surface area contributed by atoms with E-state index in [0.29, 0.717) is 5.56 Å². The average molecular weight is 294 g/mol. The maximum absolute atomic E-state index is 12.0. The third kappa shape index (κ3) is 3.01. The van der Waals surface area contributed by atoms with Crippen LogP contribution in [0, 0.1) is 0 Å². The number of benzene rings is 2. The van der Waals surface area contributed by atoms with Crippen molar-refractivity contribution >= 4 is 11.6 Å². The summed E-state index contributed by atoms with van der Waals surface area (Å²) >= 11 is 0. The van der Waals surface area contributed by atoms with Crippen LogP contribution in [0.3, 0.4) is 0 Å². The fraction of sp³-hybridized carbons (Fsp3) is 0.222. The minimum absolute atomic E-state index is 0.0620. The molecular weight excluding hydrogens is 276 g/mol. The highest BCUT2D eigenvalue weighted by Gasteiger charge is 2.12. The van der Waals surface area contributed by atoms with Gasteiger partial charge in [-0.05, 0) is 67.1 Å². The number of phenols is 1. The third-order valence-corrected chi connectivity index (χ3v) is 3.95. The van der Waals surface area contributed by atoms with Gasteiger partial charge in [-0.25, -0.2) is 5.43 Å². The van der Waals surface area contributed by atoms with E-state index in [0.717, 1.165) is 24.1 Å². The second-order valence-corrected chi connectivity index (χ2v) is 5.53. The molecule has 0 saturated heterocycles. The molecule has 0 aromatic heterocycles. The van der Waals surface area contributed by atoms with Crippen LogP contribution in [0.2, 0.25) is 0 Å². The van der Waals surface area contributed by atoms with Crippen LogP contribution >= 0.6 is 0 Å². The van der Waals surface area contributed by atoms with E-state index in [1.54, 1.807) is 12.1 Å². The molecule has 1 amide bonds. The zero-order chi connectivity index (χ0) is 15.5. The molecule has 4 heteroatoms. The van der Waals surface area contributed by atoms with Crippen molar-refractivity contribution < 1.29 is 9.90 Å². The Kier molecular flexibility index (Phi) is 3.92. The Morgan fingerprint density at radius 2 is 1.91 bits per heavy atom. The van der Waals surface area contributed by atoms with Gasteiger partial charge in [-0.2, -0.15) is 5.10 Å². The number of nitrogens with one attached hydrogen (secondary N) is 1. The summed E-state index contributed by atoms with van der Waals surface area (Å²) in [5.74, 6) is -0.275. The first-order chi connectivity index (χ1) is 10.6.